The second-order valence-corrected chi connectivity index (χ2v) is 4.51. The van der Waals surface area contributed by atoms with Crippen molar-refractivity contribution in [3.05, 3.63) is 29.3 Å². The number of nitrogens with zero attached hydrogens (tertiary/aromatic N) is 1. The fraction of sp³-hybridized carbons (Fsp3) is 0.500. The molecular weight excluding hydrogens is 214 g/mol. The molecular formula is C14H21NO2. The molecule has 3 heteroatoms. The molecule has 1 aromatic rings. The topological polar surface area (TPSA) is 29.5 Å². The van der Waals surface area contributed by atoms with E-state index in [0.29, 0.717) is 12.2 Å². The van der Waals surface area contributed by atoms with Gasteiger partial charge in [0.15, 0.2) is 0 Å². The molecule has 0 aromatic heterocycles. The number of carbonyl (C=O) groups excluding carboxylic acids is 1. The first kappa shape index (κ1) is 13.6. The summed E-state index contributed by atoms with van der Waals surface area (Å²) in [6.07, 6.45) is 0. The van der Waals surface area contributed by atoms with Gasteiger partial charge in [0, 0.05) is 19.8 Å². The molecule has 1 aromatic carbocycles. The summed E-state index contributed by atoms with van der Waals surface area (Å²) in [4.78, 5) is 13.9. The van der Waals surface area contributed by atoms with Gasteiger partial charge in [-0.1, -0.05) is 19.9 Å². The van der Waals surface area contributed by atoms with Crippen molar-refractivity contribution in [1.29, 1.82) is 0 Å². The zero-order chi connectivity index (χ0) is 13.0. The van der Waals surface area contributed by atoms with Crippen molar-refractivity contribution in [3.63, 3.8) is 0 Å². The van der Waals surface area contributed by atoms with Crippen molar-refractivity contribution in [3.8, 4) is 0 Å². The maximum absolute atomic E-state index is 11.9. The molecule has 0 saturated heterocycles. The van der Waals surface area contributed by atoms with Crippen LogP contribution in [0.25, 0.3) is 0 Å². The van der Waals surface area contributed by atoms with Crippen LogP contribution in [0.4, 0.5) is 5.69 Å². The predicted octanol–water partition coefficient (Wildman–Crippen LogP) is 3.05. The number of benzene rings is 1. The van der Waals surface area contributed by atoms with Gasteiger partial charge >= 0.3 is 5.97 Å². The average molecular weight is 235 g/mol. The summed E-state index contributed by atoms with van der Waals surface area (Å²) in [5.41, 5.74) is 2.80. The van der Waals surface area contributed by atoms with E-state index in [1.54, 1.807) is 0 Å². The Balaban J connectivity index is 3.30. The molecule has 0 radical (unpaired) electrons. The Bertz CT molecular complexity index is 397. The van der Waals surface area contributed by atoms with E-state index < -0.39 is 0 Å². The van der Waals surface area contributed by atoms with Gasteiger partial charge in [0.25, 0.3) is 0 Å². The largest absolute Gasteiger partial charge is 0.462 e. The summed E-state index contributed by atoms with van der Waals surface area (Å²) in [6.45, 7) is 6.40. The van der Waals surface area contributed by atoms with Crippen LogP contribution in [0.1, 0.15) is 42.6 Å². The van der Waals surface area contributed by atoms with Crippen molar-refractivity contribution in [1.82, 2.24) is 0 Å². The third kappa shape index (κ3) is 2.99. The van der Waals surface area contributed by atoms with Gasteiger partial charge in [-0.25, -0.2) is 4.79 Å². The van der Waals surface area contributed by atoms with Gasteiger partial charge < -0.3 is 9.64 Å². The Labute approximate surface area is 103 Å². The average Bonchev–Trinajstić information content (AvgIpc) is 2.28. The molecule has 0 spiro atoms. The molecule has 0 fully saturated rings. The van der Waals surface area contributed by atoms with Crippen molar-refractivity contribution >= 4 is 11.7 Å². The molecule has 0 unspecified atom stereocenters. The van der Waals surface area contributed by atoms with Crippen LogP contribution in [-0.4, -0.2) is 26.7 Å². The van der Waals surface area contributed by atoms with Crippen molar-refractivity contribution in [2.45, 2.75) is 26.7 Å². The second-order valence-electron chi connectivity index (χ2n) is 4.51. The third-order valence-corrected chi connectivity index (χ3v) is 2.64. The van der Waals surface area contributed by atoms with Gasteiger partial charge in [0.05, 0.1) is 12.2 Å². The number of carbonyl (C=O) groups is 1. The van der Waals surface area contributed by atoms with Gasteiger partial charge in [-0.15, -0.1) is 0 Å². The molecule has 0 aliphatic heterocycles. The number of ether oxygens (including phenoxy) is 1. The molecule has 0 amide bonds. The summed E-state index contributed by atoms with van der Waals surface area (Å²) >= 11 is 0. The minimum Gasteiger partial charge on any atom is -0.462 e. The smallest absolute Gasteiger partial charge is 0.338 e. The minimum atomic E-state index is -0.236. The molecule has 0 aliphatic carbocycles. The van der Waals surface area contributed by atoms with Gasteiger partial charge in [-0.3, -0.25) is 0 Å². The van der Waals surface area contributed by atoms with E-state index in [0.717, 1.165) is 11.3 Å². The molecule has 94 valence electrons. The van der Waals surface area contributed by atoms with Gasteiger partial charge in [-0.2, -0.15) is 0 Å². The molecule has 0 heterocycles. The van der Waals surface area contributed by atoms with Crippen LogP contribution in [0.5, 0.6) is 0 Å². The van der Waals surface area contributed by atoms with E-state index in [4.69, 9.17) is 4.74 Å². The highest BCUT2D eigenvalue weighted by Crippen LogP contribution is 2.30. The maximum atomic E-state index is 11.9. The summed E-state index contributed by atoms with van der Waals surface area (Å²) in [5.74, 6) is 0.0490. The maximum Gasteiger partial charge on any atom is 0.338 e. The van der Waals surface area contributed by atoms with Crippen LogP contribution in [-0.2, 0) is 4.74 Å². The second kappa shape index (κ2) is 5.71. The minimum absolute atomic E-state index is 0.236. The number of hydrogen-bond acceptors (Lipinski definition) is 3. The lowest BCUT2D eigenvalue weighted by molar-refractivity contribution is 0.0524. The fourth-order valence-corrected chi connectivity index (χ4v) is 1.94. The van der Waals surface area contributed by atoms with Crippen LogP contribution in [0.3, 0.4) is 0 Å². The van der Waals surface area contributed by atoms with Crippen molar-refractivity contribution in [2.75, 3.05) is 25.6 Å². The molecule has 1 rings (SSSR count). The summed E-state index contributed by atoms with van der Waals surface area (Å²) in [7, 11) is 3.96. The van der Waals surface area contributed by atoms with Crippen LogP contribution < -0.4 is 4.90 Å². The summed E-state index contributed by atoms with van der Waals surface area (Å²) in [6, 6.07) is 5.76. The molecule has 3 nitrogen and oxygen atoms in total. The Hall–Kier alpha value is -1.51. The van der Waals surface area contributed by atoms with Crippen molar-refractivity contribution < 1.29 is 9.53 Å². The summed E-state index contributed by atoms with van der Waals surface area (Å²) in [5, 5.41) is 0. The lowest BCUT2D eigenvalue weighted by atomic mass is 9.94. The van der Waals surface area contributed by atoms with E-state index in [2.05, 4.69) is 13.8 Å². The quantitative estimate of drug-likeness (QED) is 0.751. The molecule has 17 heavy (non-hydrogen) atoms. The van der Waals surface area contributed by atoms with E-state index >= 15 is 0 Å². The van der Waals surface area contributed by atoms with Crippen LogP contribution in [0, 0.1) is 0 Å². The lowest BCUT2D eigenvalue weighted by Crippen LogP contribution is -2.16. The number of rotatable bonds is 4. The zero-order valence-corrected chi connectivity index (χ0v) is 11.3. The first-order valence-electron chi connectivity index (χ1n) is 5.96. The number of esters is 1. The molecule has 0 atom stereocenters. The van der Waals surface area contributed by atoms with Gasteiger partial charge in [-0.05, 0) is 30.5 Å². The standard InChI is InChI=1S/C14H21NO2/c1-6-17-14(16)11-8-7-9-12(15(4)5)13(11)10(2)3/h7-10H,6H2,1-5H3. The Morgan fingerprint density at radius 2 is 2.00 bits per heavy atom. The van der Waals surface area contributed by atoms with Crippen LogP contribution in [0.15, 0.2) is 18.2 Å². The van der Waals surface area contributed by atoms with Crippen molar-refractivity contribution in [2.24, 2.45) is 0 Å². The summed E-state index contributed by atoms with van der Waals surface area (Å²) < 4.78 is 5.10. The molecule has 0 saturated carbocycles. The van der Waals surface area contributed by atoms with Crippen LogP contribution >= 0.6 is 0 Å². The highest BCUT2D eigenvalue weighted by molar-refractivity contribution is 5.93. The van der Waals surface area contributed by atoms with E-state index in [1.807, 2.05) is 44.1 Å². The Morgan fingerprint density at radius 1 is 1.35 bits per heavy atom. The Morgan fingerprint density at radius 3 is 2.47 bits per heavy atom. The van der Waals surface area contributed by atoms with Gasteiger partial charge in [0.2, 0.25) is 0 Å². The van der Waals surface area contributed by atoms with E-state index in [-0.39, 0.29) is 11.9 Å². The molecule has 0 N–H and O–H groups in total. The first-order chi connectivity index (χ1) is 7.99. The number of anilines is 1. The SMILES string of the molecule is CCOC(=O)c1cccc(N(C)C)c1C(C)C. The highest BCUT2D eigenvalue weighted by Gasteiger charge is 2.18. The van der Waals surface area contributed by atoms with Crippen LogP contribution in [0.2, 0.25) is 0 Å². The van der Waals surface area contributed by atoms with Gasteiger partial charge in [0.1, 0.15) is 0 Å². The monoisotopic (exact) mass is 235 g/mol. The van der Waals surface area contributed by atoms with E-state index in [1.165, 1.54) is 0 Å². The molecule has 0 aliphatic rings. The zero-order valence-electron chi connectivity index (χ0n) is 11.3. The van der Waals surface area contributed by atoms with E-state index in [9.17, 15) is 4.79 Å². The normalized spacial score (nSPS) is 10.5. The highest BCUT2D eigenvalue weighted by atomic mass is 16.5. The molecule has 0 bridgehead atoms. The fourth-order valence-electron chi connectivity index (χ4n) is 1.94. The first-order valence-corrected chi connectivity index (χ1v) is 5.96. The third-order valence-electron chi connectivity index (χ3n) is 2.64. The predicted molar refractivity (Wildman–Crippen MR) is 70.8 cm³/mol. The Kier molecular flexibility index (Phi) is 4.55. The number of hydrogen-bond donors (Lipinski definition) is 0. The lowest BCUT2D eigenvalue weighted by Gasteiger charge is -2.22.